The Morgan fingerprint density at radius 1 is 0.197 bits per heavy atom. The zero-order valence-corrected chi connectivity index (χ0v) is 41.0. The molecule has 0 saturated carbocycles. The molecule has 354 valence electrons. The first kappa shape index (κ1) is 42.2. The van der Waals surface area contributed by atoms with Gasteiger partial charge in [0.05, 0.1) is 44.1 Å². The van der Waals surface area contributed by atoms with Crippen LogP contribution in [0.1, 0.15) is 0 Å². The first-order valence-corrected chi connectivity index (χ1v) is 25.8. The summed E-state index contributed by atoms with van der Waals surface area (Å²) in [4.78, 5) is 16.0. The molecular weight excluding hydrogens is 927 g/mol. The van der Waals surface area contributed by atoms with Crippen molar-refractivity contribution in [1.29, 1.82) is 0 Å². The van der Waals surface area contributed by atoms with E-state index >= 15 is 0 Å². The van der Waals surface area contributed by atoms with Crippen LogP contribution in [-0.2, 0) is 0 Å². The summed E-state index contributed by atoms with van der Waals surface area (Å²) < 4.78 is 9.71. The Morgan fingerprint density at radius 3 is 0.816 bits per heavy atom. The largest absolute Gasteiger partial charge is 0.307 e. The Morgan fingerprint density at radius 2 is 0.461 bits per heavy atom. The van der Waals surface area contributed by atoms with E-state index in [1.807, 2.05) is 18.2 Å². The maximum atomic E-state index is 5.41. The Labute approximate surface area is 436 Å². The molecule has 5 heterocycles. The number of nitrogens with zero attached hydrogens (tertiary/aromatic N) is 7. The molecule has 0 unspecified atom stereocenters. The average molecular weight is 970 g/mol. The molecule has 11 aromatic carbocycles. The van der Waals surface area contributed by atoms with Crippen LogP contribution in [0, 0.1) is 0 Å². The minimum absolute atomic E-state index is 0.589. The lowest BCUT2D eigenvalue weighted by Gasteiger charge is -2.14. The van der Waals surface area contributed by atoms with E-state index in [4.69, 9.17) is 15.0 Å². The monoisotopic (exact) mass is 969 g/mol. The fraction of sp³-hybridized carbons (Fsp3) is 0. The highest BCUT2D eigenvalue weighted by Crippen LogP contribution is 2.44. The molecule has 0 aliphatic rings. The van der Waals surface area contributed by atoms with Gasteiger partial charge in [-0.1, -0.05) is 188 Å². The number of para-hydroxylation sites is 6. The van der Waals surface area contributed by atoms with Gasteiger partial charge in [0.15, 0.2) is 17.5 Å². The van der Waals surface area contributed by atoms with E-state index in [2.05, 4.69) is 261 Å². The van der Waals surface area contributed by atoms with Gasteiger partial charge in [-0.2, -0.15) is 0 Å². The van der Waals surface area contributed by atoms with Gasteiger partial charge >= 0.3 is 0 Å². The van der Waals surface area contributed by atoms with Gasteiger partial charge in [0.1, 0.15) is 0 Å². The van der Waals surface area contributed by atoms with Crippen molar-refractivity contribution >= 4 is 87.2 Å². The van der Waals surface area contributed by atoms with Crippen molar-refractivity contribution < 1.29 is 0 Å². The Hall–Kier alpha value is -10.4. The number of rotatable bonds is 7. The predicted octanol–water partition coefficient (Wildman–Crippen LogP) is 17.3. The van der Waals surface area contributed by atoms with Crippen molar-refractivity contribution in [3.8, 4) is 56.9 Å². The second-order valence-electron chi connectivity index (χ2n) is 19.6. The molecule has 0 N–H and O–H groups in total. The molecule has 0 radical (unpaired) electrons. The SMILES string of the molecule is c1ccc(-c2nc(-c3cccc(-n4c5ccccc5c5ccc6c7ccccc7n(-c7ccccc7)c6c54)c3)nc(-c3cccc(-n4c5ccccc5c5ccc6c7ccccc7n(-c7ccccc7)c6c54)c3)n2)cc1. The average Bonchev–Trinajstić information content (AvgIpc) is 4.27. The number of aromatic nitrogens is 7. The van der Waals surface area contributed by atoms with Gasteiger partial charge in [-0.15, -0.1) is 0 Å². The zero-order chi connectivity index (χ0) is 49.8. The Bertz CT molecular complexity index is 4690. The second kappa shape index (κ2) is 16.6. The van der Waals surface area contributed by atoms with Crippen molar-refractivity contribution in [2.45, 2.75) is 0 Å². The highest BCUT2D eigenvalue weighted by atomic mass is 15.1. The van der Waals surface area contributed by atoms with Gasteiger partial charge in [0.25, 0.3) is 0 Å². The number of fused-ring (bicyclic) bond motifs is 14. The van der Waals surface area contributed by atoms with E-state index in [1.54, 1.807) is 0 Å². The summed E-state index contributed by atoms with van der Waals surface area (Å²) in [5.41, 5.74) is 16.1. The summed E-state index contributed by atoms with van der Waals surface area (Å²) in [7, 11) is 0. The van der Waals surface area contributed by atoms with Crippen LogP contribution in [0.4, 0.5) is 0 Å². The zero-order valence-electron chi connectivity index (χ0n) is 41.0. The van der Waals surface area contributed by atoms with Crippen LogP contribution < -0.4 is 0 Å². The van der Waals surface area contributed by atoms with Crippen LogP contribution in [0.15, 0.2) is 261 Å². The molecule has 0 spiro atoms. The summed E-state index contributed by atoms with van der Waals surface area (Å²) in [5, 5.41) is 9.58. The fourth-order valence-electron chi connectivity index (χ4n) is 12.1. The molecule has 0 aliphatic carbocycles. The minimum Gasteiger partial charge on any atom is -0.307 e. The van der Waals surface area contributed by atoms with Gasteiger partial charge < -0.3 is 18.3 Å². The lowest BCUT2D eigenvalue weighted by Crippen LogP contribution is -2.02. The Balaban J connectivity index is 0.914. The molecule has 7 heteroatoms. The molecule has 76 heavy (non-hydrogen) atoms. The summed E-state index contributed by atoms with van der Waals surface area (Å²) in [6.07, 6.45) is 0. The summed E-state index contributed by atoms with van der Waals surface area (Å²) >= 11 is 0. The molecule has 5 aromatic heterocycles. The molecule has 0 fully saturated rings. The quantitative estimate of drug-likeness (QED) is 0.160. The molecule has 0 amide bonds. The van der Waals surface area contributed by atoms with E-state index in [0.717, 1.165) is 72.5 Å². The first-order valence-electron chi connectivity index (χ1n) is 25.8. The summed E-state index contributed by atoms with van der Waals surface area (Å²) in [6.45, 7) is 0. The number of hydrogen-bond acceptors (Lipinski definition) is 3. The van der Waals surface area contributed by atoms with Crippen LogP contribution in [0.2, 0.25) is 0 Å². The van der Waals surface area contributed by atoms with Crippen LogP contribution in [0.3, 0.4) is 0 Å². The topological polar surface area (TPSA) is 58.4 Å². The van der Waals surface area contributed by atoms with Gasteiger partial charge in [-0.05, 0) is 72.8 Å². The number of hydrogen-bond donors (Lipinski definition) is 0. The van der Waals surface area contributed by atoms with E-state index < -0.39 is 0 Å². The van der Waals surface area contributed by atoms with Crippen molar-refractivity contribution in [2.24, 2.45) is 0 Å². The maximum absolute atomic E-state index is 5.41. The molecule has 16 aromatic rings. The highest BCUT2D eigenvalue weighted by Gasteiger charge is 2.24. The van der Waals surface area contributed by atoms with Gasteiger partial charge in [0.2, 0.25) is 0 Å². The van der Waals surface area contributed by atoms with E-state index in [9.17, 15) is 0 Å². The van der Waals surface area contributed by atoms with E-state index in [0.29, 0.717) is 17.5 Å². The van der Waals surface area contributed by atoms with Gasteiger partial charge in [0, 0.05) is 82.5 Å². The normalized spacial score (nSPS) is 11.9. The predicted molar refractivity (Wildman–Crippen MR) is 313 cm³/mol. The smallest absolute Gasteiger partial charge is 0.164 e. The molecule has 0 aliphatic heterocycles. The standard InChI is InChI=1S/C69H43N7/c1-4-20-44(21-5-1)67-70-68(45-22-18-28-49(42-45)75-61-36-16-12-32-53(61)57-40-38-55-51-30-10-14-34-59(51)73(63(55)65(57)75)47-24-6-2-7-25-47)72-69(71-67)46-23-19-29-50(43-46)76-62-37-17-13-33-54(62)58-41-39-56-52-31-11-15-35-60(52)74(64(56)66(58)76)48-26-8-3-9-27-48/h1-43H. The summed E-state index contributed by atoms with van der Waals surface area (Å²) in [5.74, 6) is 1.78. The highest BCUT2D eigenvalue weighted by molar-refractivity contribution is 6.25. The fourth-order valence-corrected chi connectivity index (χ4v) is 12.1. The lowest BCUT2D eigenvalue weighted by molar-refractivity contribution is 1.07. The third-order valence-electron chi connectivity index (χ3n) is 15.4. The van der Waals surface area contributed by atoms with Gasteiger partial charge in [-0.3, -0.25) is 0 Å². The third kappa shape index (κ3) is 6.26. The van der Waals surface area contributed by atoms with Crippen molar-refractivity contribution in [3.63, 3.8) is 0 Å². The minimum atomic E-state index is 0.589. The molecule has 16 rings (SSSR count). The molecule has 0 bridgehead atoms. The lowest BCUT2D eigenvalue weighted by atomic mass is 10.1. The maximum Gasteiger partial charge on any atom is 0.164 e. The summed E-state index contributed by atoms with van der Waals surface area (Å²) in [6, 6.07) is 93.2. The van der Waals surface area contributed by atoms with Crippen molar-refractivity contribution in [2.75, 3.05) is 0 Å². The second-order valence-corrected chi connectivity index (χ2v) is 19.6. The van der Waals surface area contributed by atoms with Crippen LogP contribution in [0.5, 0.6) is 0 Å². The van der Waals surface area contributed by atoms with Crippen LogP contribution in [0.25, 0.3) is 144 Å². The van der Waals surface area contributed by atoms with Crippen LogP contribution >= 0.6 is 0 Å². The molecule has 0 saturated heterocycles. The molecule has 7 nitrogen and oxygen atoms in total. The van der Waals surface area contributed by atoms with Gasteiger partial charge in [-0.25, -0.2) is 15.0 Å². The van der Waals surface area contributed by atoms with Crippen molar-refractivity contribution in [1.82, 2.24) is 33.2 Å². The third-order valence-corrected chi connectivity index (χ3v) is 15.4. The van der Waals surface area contributed by atoms with Crippen molar-refractivity contribution in [3.05, 3.63) is 261 Å². The molecule has 0 atom stereocenters. The molecular formula is C69H43N7. The van der Waals surface area contributed by atoms with Crippen LogP contribution in [-0.4, -0.2) is 33.2 Å². The Kier molecular flexibility index (Phi) is 9.20. The number of benzene rings is 11. The van der Waals surface area contributed by atoms with E-state index in [-0.39, 0.29) is 0 Å². The first-order chi connectivity index (χ1) is 37.7. The van der Waals surface area contributed by atoms with E-state index in [1.165, 1.54) is 54.1 Å².